The molecule has 5 atom stereocenters. The van der Waals surface area contributed by atoms with Crippen LogP contribution in [0.1, 0.15) is 85.1 Å². The van der Waals surface area contributed by atoms with Crippen LogP contribution in [0, 0.1) is 32.8 Å². The van der Waals surface area contributed by atoms with Gasteiger partial charge in [0.05, 0.1) is 5.92 Å². The van der Waals surface area contributed by atoms with Gasteiger partial charge in [0, 0.05) is 36.3 Å². The molecule has 34 heavy (non-hydrogen) atoms. The van der Waals surface area contributed by atoms with E-state index in [9.17, 15) is 19.7 Å². The van der Waals surface area contributed by atoms with Gasteiger partial charge in [0.15, 0.2) is 11.5 Å². The molecule has 186 valence electrons. The van der Waals surface area contributed by atoms with Crippen LogP contribution in [0.15, 0.2) is 12.1 Å². The van der Waals surface area contributed by atoms with Crippen LogP contribution in [0.5, 0.6) is 17.2 Å². The van der Waals surface area contributed by atoms with Crippen molar-refractivity contribution in [2.45, 2.75) is 85.2 Å². The van der Waals surface area contributed by atoms with E-state index in [1.165, 1.54) is 13.8 Å². The monoisotopic (exact) mass is 473 g/mol. The van der Waals surface area contributed by atoms with Crippen LogP contribution in [0.4, 0.5) is 0 Å². The van der Waals surface area contributed by atoms with E-state index in [1.54, 1.807) is 12.1 Å². The normalized spacial score (nSPS) is 33.4. The third-order valence-electron chi connectivity index (χ3n) is 8.65. The quantitative estimate of drug-likeness (QED) is 0.253. The van der Waals surface area contributed by atoms with Gasteiger partial charge in [-0.2, -0.15) is 0 Å². The van der Waals surface area contributed by atoms with Crippen LogP contribution in [0.2, 0.25) is 0 Å². The van der Waals surface area contributed by atoms with E-state index in [2.05, 4.69) is 27.7 Å². The van der Waals surface area contributed by atoms with Crippen molar-refractivity contribution in [2.75, 3.05) is 6.54 Å². The summed E-state index contributed by atoms with van der Waals surface area (Å²) in [6, 6.07) is 3.15. The lowest BCUT2D eigenvalue weighted by atomic mass is 9.43. The predicted octanol–water partition coefficient (Wildman–Crippen LogP) is 5.29. The summed E-state index contributed by atoms with van der Waals surface area (Å²) >= 11 is 0. The molecule has 0 N–H and O–H groups in total. The van der Waals surface area contributed by atoms with Gasteiger partial charge < -0.3 is 14.2 Å². The number of ether oxygens (including phenoxy) is 3. The second-order valence-electron chi connectivity index (χ2n) is 11.5. The number of nitro groups is 1. The molecular weight excluding hydrogens is 438 g/mol. The highest BCUT2D eigenvalue weighted by molar-refractivity contribution is 5.74. The Labute approximate surface area is 200 Å². The van der Waals surface area contributed by atoms with Gasteiger partial charge in [0.2, 0.25) is 6.54 Å². The molecule has 1 heterocycles. The summed E-state index contributed by atoms with van der Waals surface area (Å²) in [6.45, 7) is 11.3. The maximum atomic E-state index is 11.9. The lowest BCUT2D eigenvalue weighted by Gasteiger charge is -2.64. The number of nitrogens with zero attached hydrogens (tertiary/aromatic N) is 1. The fourth-order valence-corrected chi connectivity index (χ4v) is 7.74. The summed E-state index contributed by atoms with van der Waals surface area (Å²) in [5.74, 6) is -0.612. The van der Waals surface area contributed by atoms with Crippen molar-refractivity contribution >= 4 is 11.9 Å². The van der Waals surface area contributed by atoms with Crippen molar-refractivity contribution in [3.8, 4) is 17.2 Å². The highest BCUT2D eigenvalue weighted by atomic mass is 16.6. The summed E-state index contributed by atoms with van der Waals surface area (Å²) < 4.78 is 17.3. The van der Waals surface area contributed by atoms with Gasteiger partial charge in [-0.25, -0.2) is 0 Å². The van der Waals surface area contributed by atoms with Crippen molar-refractivity contribution in [3.05, 3.63) is 27.8 Å². The number of carbonyl (C=O) groups excluding carboxylic acids is 2. The molecule has 2 aliphatic carbocycles. The van der Waals surface area contributed by atoms with Gasteiger partial charge in [-0.05, 0) is 55.4 Å². The average molecular weight is 474 g/mol. The standard InChI is InChI=1S/C26H35NO7/c1-15(28)32-20-12-17-18(14-27(30)31)23-25(5)10-7-9-24(3,4)22(25)8-11-26(23,6)34-19(17)13-21(20)33-16(2)29/h12-13,18,22-23H,7-11,14H2,1-6H3/t18-,22+,23-,25+,26+/m0/s1. The van der Waals surface area contributed by atoms with E-state index in [-0.39, 0.29) is 39.7 Å². The van der Waals surface area contributed by atoms with Crippen LogP contribution < -0.4 is 14.2 Å². The minimum Gasteiger partial charge on any atom is -0.487 e. The number of hydrogen-bond donors (Lipinski definition) is 0. The molecule has 0 amide bonds. The minimum absolute atomic E-state index is 0.0713. The molecule has 0 unspecified atom stereocenters. The first-order valence-corrected chi connectivity index (χ1v) is 12.1. The molecule has 3 aliphatic rings. The Morgan fingerprint density at radius 1 is 1.06 bits per heavy atom. The van der Waals surface area contributed by atoms with Gasteiger partial charge >= 0.3 is 11.9 Å². The zero-order chi connectivity index (χ0) is 25.1. The Morgan fingerprint density at radius 3 is 2.26 bits per heavy atom. The Bertz CT molecular complexity index is 1030. The summed E-state index contributed by atoms with van der Waals surface area (Å²) in [5, 5.41) is 11.9. The lowest BCUT2D eigenvalue weighted by Crippen LogP contribution is -2.63. The van der Waals surface area contributed by atoms with Gasteiger partial charge in [-0.3, -0.25) is 19.7 Å². The Morgan fingerprint density at radius 2 is 1.68 bits per heavy atom. The fourth-order valence-electron chi connectivity index (χ4n) is 7.74. The summed E-state index contributed by atoms with van der Waals surface area (Å²) in [7, 11) is 0. The Kier molecular flexibility index (Phi) is 5.93. The van der Waals surface area contributed by atoms with Crippen molar-refractivity contribution in [1.82, 2.24) is 0 Å². The number of fused-ring (bicyclic) bond motifs is 4. The largest absolute Gasteiger partial charge is 0.487 e. The average Bonchev–Trinajstić information content (AvgIpc) is 2.66. The Balaban J connectivity index is 1.90. The van der Waals surface area contributed by atoms with Gasteiger partial charge in [0.1, 0.15) is 11.4 Å². The second-order valence-corrected chi connectivity index (χ2v) is 11.5. The van der Waals surface area contributed by atoms with Crippen LogP contribution in [0.25, 0.3) is 0 Å². The summed E-state index contributed by atoms with van der Waals surface area (Å²) in [6.07, 6.45) is 5.02. The summed E-state index contributed by atoms with van der Waals surface area (Å²) in [5.41, 5.74) is 0.0543. The molecule has 1 aromatic carbocycles. The number of carbonyl (C=O) groups is 2. The van der Waals surface area contributed by atoms with E-state index >= 15 is 0 Å². The predicted molar refractivity (Wildman–Crippen MR) is 125 cm³/mol. The first-order valence-electron chi connectivity index (χ1n) is 12.1. The van der Waals surface area contributed by atoms with Gasteiger partial charge in [-0.1, -0.05) is 27.2 Å². The molecule has 0 bridgehead atoms. The molecule has 8 nitrogen and oxygen atoms in total. The summed E-state index contributed by atoms with van der Waals surface area (Å²) in [4.78, 5) is 35.1. The van der Waals surface area contributed by atoms with Crippen LogP contribution in [-0.4, -0.2) is 29.0 Å². The highest BCUT2D eigenvalue weighted by Gasteiger charge is 2.64. The van der Waals surface area contributed by atoms with E-state index in [4.69, 9.17) is 14.2 Å². The molecule has 8 heteroatoms. The van der Waals surface area contributed by atoms with E-state index in [0.717, 1.165) is 32.1 Å². The zero-order valence-corrected chi connectivity index (χ0v) is 20.9. The minimum atomic E-state index is -0.594. The van der Waals surface area contributed by atoms with Gasteiger partial charge in [0.25, 0.3) is 0 Å². The molecule has 2 saturated carbocycles. The molecule has 0 radical (unpaired) electrons. The SMILES string of the molecule is CC(=O)Oc1cc2c(cc1OC(C)=O)[C@H](C[N+](=O)[O-])[C@H]1[C@]3(C)CCCC(C)(C)[C@H]3CC[C@@]1(C)O2. The molecule has 2 fully saturated rings. The molecule has 4 rings (SSSR count). The first kappa shape index (κ1) is 24.5. The first-order chi connectivity index (χ1) is 15.8. The van der Waals surface area contributed by atoms with Crippen molar-refractivity contribution in [1.29, 1.82) is 0 Å². The van der Waals surface area contributed by atoms with E-state index < -0.39 is 23.5 Å². The van der Waals surface area contributed by atoms with Crippen molar-refractivity contribution in [2.24, 2.45) is 22.7 Å². The highest BCUT2D eigenvalue weighted by Crippen LogP contribution is 2.67. The molecule has 0 spiro atoms. The van der Waals surface area contributed by atoms with Crippen molar-refractivity contribution in [3.63, 3.8) is 0 Å². The van der Waals surface area contributed by atoms with E-state index in [1.807, 2.05) is 0 Å². The molecule has 0 aromatic heterocycles. The molecule has 1 aromatic rings. The maximum absolute atomic E-state index is 11.9. The molecule has 1 aliphatic heterocycles. The Hall–Kier alpha value is -2.64. The number of esters is 2. The fraction of sp³-hybridized carbons (Fsp3) is 0.692. The number of rotatable bonds is 4. The third-order valence-corrected chi connectivity index (χ3v) is 8.65. The van der Waals surface area contributed by atoms with E-state index in [0.29, 0.717) is 17.2 Å². The van der Waals surface area contributed by atoms with Gasteiger partial charge in [-0.15, -0.1) is 0 Å². The van der Waals surface area contributed by atoms with Crippen LogP contribution >= 0.6 is 0 Å². The molecular formula is C26H35NO7. The van der Waals surface area contributed by atoms with Crippen molar-refractivity contribution < 1.29 is 28.7 Å². The topological polar surface area (TPSA) is 105 Å². The number of benzene rings is 1. The van der Waals surface area contributed by atoms with Crippen LogP contribution in [0.3, 0.4) is 0 Å². The third kappa shape index (κ3) is 4.05. The number of hydrogen-bond acceptors (Lipinski definition) is 7. The second kappa shape index (κ2) is 8.24. The smallest absolute Gasteiger partial charge is 0.308 e. The zero-order valence-electron chi connectivity index (χ0n) is 20.9. The van der Waals surface area contributed by atoms with Crippen LogP contribution in [-0.2, 0) is 9.59 Å². The molecule has 0 saturated heterocycles. The maximum Gasteiger partial charge on any atom is 0.308 e. The lowest BCUT2D eigenvalue weighted by molar-refractivity contribution is -0.487.